The maximum atomic E-state index is 11.1. The van der Waals surface area contributed by atoms with Crippen LogP contribution in [0.25, 0.3) is 0 Å². The monoisotopic (exact) mass is 258 g/mol. The van der Waals surface area contributed by atoms with Crippen LogP contribution in [0.3, 0.4) is 0 Å². The first-order valence-corrected chi connectivity index (χ1v) is 5.65. The number of carbonyl (C=O) groups is 1. The van der Waals surface area contributed by atoms with Gasteiger partial charge in [-0.2, -0.15) is 0 Å². The van der Waals surface area contributed by atoms with E-state index >= 15 is 0 Å². The molecule has 0 aliphatic rings. The van der Waals surface area contributed by atoms with Gasteiger partial charge in [0.05, 0.1) is 12.8 Å². The number of aliphatic carboxylic acids is 1. The number of aryl methyl sites for hydroxylation is 1. The van der Waals surface area contributed by atoms with Crippen LogP contribution in [0.4, 0.5) is 0 Å². The summed E-state index contributed by atoms with van der Waals surface area (Å²) >= 11 is 0. The summed E-state index contributed by atoms with van der Waals surface area (Å²) in [5.41, 5.74) is 0.344. The summed E-state index contributed by atoms with van der Waals surface area (Å²) in [6, 6.07) is -0.900. The van der Waals surface area contributed by atoms with Crippen LogP contribution in [0.1, 0.15) is 18.2 Å². The fourth-order valence-corrected chi connectivity index (χ4v) is 1.41. The van der Waals surface area contributed by atoms with Gasteiger partial charge in [0, 0.05) is 26.8 Å². The van der Waals surface area contributed by atoms with E-state index in [-0.39, 0.29) is 6.61 Å². The minimum Gasteiger partial charge on any atom is -0.480 e. The molecule has 0 radical (unpaired) electrons. The lowest BCUT2D eigenvalue weighted by Crippen LogP contribution is -2.31. The van der Waals surface area contributed by atoms with Crippen LogP contribution >= 0.6 is 0 Å². The molecule has 1 rings (SSSR count). The predicted molar refractivity (Wildman–Crippen MR) is 62.0 cm³/mol. The summed E-state index contributed by atoms with van der Waals surface area (Å²) in [5.74, 6) is -1.01. The molecule has 0 bridgehead atoms. The first-order valence-electron chi connectivity index (χ1n) is 5.65. The topological polar surface area (TPSA) is 110 Å². The number of carboxylic acid groups (broad SMARTS) is 1. The van der Waals surface area contributed by atoms with Gasteiger partial charge in [0.15, 0.2) is 6.04 Å². The van der Waals surface area contributed by atoms with Crippen LogP contribution in [0, 0.1) is 0 Å². The summed E-state index contributed by atoms with van der Waals surface area (Å²) in [6.45, 7) is 1.40. The Morgan fingerprint density at radius 2 is 2.44 bits per heavy atom. The van der Waals surface area contributed by atoms with Gasteiger partial charge in [-0.25, -0.2) is 0 Å². The zero-order valence-electron chi connectivity index (χ0n) is 10.2. The van der Waals surface area contributed by atoms with Gasteiger partial charge in [0.2, 0.25) is 0 Å². The third kappa shape index (κ3) is 4.40. The molecular formula is C10H18N4O4. The third-order valence-electron chi connectivity index (χ3n) is 2.30. The number of aliphatic hydroxyl groups excluding tert-OH is 1. The van der Waals surface area contributed by atoms with Crippen LogP contribution in [0.2, 0.25) is 0 Å². The molecule has 0 aliphatic heterocycles. The minimum absolute atomic E-state index is 0.0592. The van der Waals surface area contributed by atoms with E-state index in [1.165, 1.54) is 4.68 Å². The van der Waals surface area contributed by atoms with E-state index in [1.807, 2.05) is 0 Å². The second kappa shape index (κ2) is 7.75. The van der Waals surface area contributed by atoms with E-state index in [1.54, 1.807) is 13.3 Å². The summed E-state index contributed by atoms with van der Waals surface area (Å²) in [6.07, 6.45) is 2.12. The molecule has 1 heterocycles. The second-order valence-corrected chi connectivity index (χ2v) is 3.70. The number of carboxylic acids is 1. The van der Waals surface area contributed by atoms with Crippen LogP contribution in [0.5, 0.6) is 0 Å². The first-order chi connectivity index (χ1) is 8.69. The number of rotatable bonds is 9. The molecule has 0 saturated carbocycles. The Morgan fingerprint density at radius 3 is 3.06 bits per heavy atom. The maximum absolute atomic E-state index is 11.1. The van der Waals surface area contributed by atoms with Crippen LogP contribution < -0.4 is 5.32 Å². The number of nitrogens with zero attached hydrogens (tertiary/aromatic N) is 3. The lowest BCUT2D eigenvalue weighted by Gasteiger charge is -2.10. The standard InChI is InChI=1S/C10H18N4O4/c1-18-6-3-11-9(10(16)17)8-7-14(13-12-8)4-2-5-15/h7,9,11,15H,2-6H2,1H3,(H,16,17). The molecule has 18 heavy (non-hydrogen) atoms. The molecule has 0 fully saturated rings. The molecule has 8 heteroatoms. The number of aromatic nitrogens is 3. The van der Waals surface area contributed by atoms with Gasteiger partial charge in [0.1, 0.15) is 5.69 Å². The number of hydrogen-bond donors (Lipinski definition) is 3. The lowest BCUT2D eigenvalue weighted by molar-refractivity contribution is -0.139. The SMILES string of the molecule is COCCNC(C(=O)O)c1cn(CCCO)nn1. The van der Waals surface area contributed by atoms with Crippen molar-refractivity contribution in [2.75, 3.05) is 26.9 Å². The Kier molecular flexibility index (Phi) is 6.26. The number of nitrogens with one attached hydrogen (secondary N) is 1. The van der Waals surface area contributed by atoms with Crippen molar-refractivity contribution in [1.82, 2.24) is 20.3 Å². The quantitative estimate of drug-likeness (QED) is 0.488. The van der Waals surface area contributed by atoms with Gasteiger partial charge in [-0.3, -0.25) is 14.8 Å². The molecule has 0 aliphatic carbocycles. The summed E-state index contributed by atoms with van der Waals surface area (Å²) in [5, 5.41) is 28.2. The van der Waals surface area contributed by atoms with Crippen molar-refractivity contribution in [3.05, 3.63) is 11.9 Å². The van der Waals surface area contributed by atoms with Gasteiger partial charge < -0.3 is 14.9 Å². The molecule has 0 amide bonds. The van der Waals surface area contributed by atoms with Crippen LogP contribution in [0.15, 0.2) is 6.20 Å². The predicted octanol–water partition coefficient (Wildman–Crippen LogP) is -0.978. The Labute approximate surface area is 105 Å². The van der Waals surface area contributed by atoms with Crippen molar-refractivity contribution in [1.29, 1.82) is 0 Å². The largest absolute Gasteiger partial charge is 0.480 e. The minimum atomic E-state index is -1.01. The number of ether oxygens (including phenoxy) is 1. The fourth-order valence-electron chi connectivity index (χ4n) is 1.41. The van der Waals surface area contributed by atoms with Crippen LogP contribution in [-0.2, 0) is 16.1 Å². The van der Waals surface area contributed by atoms with E-state index in [0.29, 0.717) is 31.8 Å². The van der Waals surface area contributed by atoms with Crippen molar-refractivity contribution in [2.24, 2.45) is 0 Å². The lowest BCUT2D eigenvalue weighted by atomic mass is 10.2. The van der Waals surface area contributed by atoms with Gasteiger partial charge in [0.25, 0.3) is 0 Å². The van der Waals surface area contributed by atoms with Crippen LogP contribution in [-0.4, -0.2) is 58.0 Å². The molecule has 0 aromatic carbocycles. The Balaban J connectivity index is 2.61. The van der Waals surface area contributed by atoms with Crippen molar-refractivity contribution >= 4 is 5.97 Å². The summed E-state index contributed by atoms with van der Waals surface area (Å²) < 4.78 is 6.36. The smallest absolute Gasteiger partial charge is 0.327 e. The van der Waals surface area contributed by atoms with Gasteiger partial charge in [-0.05, 0) is 6.42 Å². The average Bonchev–Trinajstić information content (AvgIpc) is 2.80. The van der Waals surface area contributed by atoms with Crippen molar-refractivity contribution in [3.63, 3.8) is 0 Å². The zero-order chi connectivity index (χ0) is 13.4. The van der Waals surface area contributed by atoms with E-state index in [4.69, 9.17) is 14.9 Å². The molecule has 8 nitrogen and oxygen atoms in total. The van der Waals surface area contributed by atoms with E-state index in [0.717, 1.165) is 0 Å². The van der Waals surface area contributed by atoms with Gasteiger partial charge in [-0.1, -0.05) is 5.21 Å². The van der Waals surface area contributed by atoms with E-state index < -0.39 is 12.0 Å². The highest BCUT2D eigenvalue weighted by Gasteiger charge is 2.22. The highest BCUT2D eigenvalue weighted by atomic mass is 16.5. The molecule has 3 N–H and O–H groups in total. The fraction of sp³-hybridized carbons (Fsp3) is 0.700. The number of hydrogen-bond acceptors (Lipinski definition) is 6. The highest BCUT2D eigenvalue weighted by Crippen LogP contribution is 2.09. The zero-order valence-corrected chi connectivity index (χ0v) is 10.2. The molecular weight excluding hydrogens is 240 g/mol. The molecule has 0 spiro atoms. The molecule has 1 atom stereocenters. The average molecular weight is 258 g/mol. The Hall–Kier alpha value is -1.51. The Bertz CT molecular complexity index is 369. The maximum Gasteiger partial charge on any atom is 0.327 e. The van der Waals surface area contributed by atoms with E-state index in [2.05, 4.69) is 15.6 Å². The van der Waals surface area contributed by atoms with Crippen molar-refractivity contribution < 1.29 is 19.7 Å². The second-order valence-electron chi connectivity index (χ2n) is 3.70. The number of aliphatic hydroxyl groups is 1. The van der Waals surface area contributed by atoms with Crippen molar-refractivity contribution in [2.45, 2.75) is 19.0 Å². The van der Waals surface area contributed by atoms with Gasteiger partial charge in [-0.15, -0.1) is 5.10 Å². The van der Waals surface area contributed by atoms with E-state index in [9.17, 15) is 4.79 Å². The summed E-state index contributed by atoms with van der Waals surface area (Å²) in [7, 11) is 1.54. The normalized spacial score (nSPS) is 12.6. The summed E-state index contributed by atoms with van der Waals surface area (Å²) in [4.78, 5) is 11.1. The highest BCUT2D eigenvalue weighted by molar-refractivity contribution is 5.74. The molecule has 1 unspecified atom stereocenters. The van der Waals surface area contributed by atoms with Gasteiger partial charge >= 0.3 is 5.97 Å². The third-order valence-corrected chi connectivity index (χ3v) is 2.30. The molecule has 1 aromatic heterocycles. The molecule has 1 aromatic rings. The molecule has 0 saturated heterocycles. The molecule has 102 valence electrons. The number of methoxy groups -OCH3 is 1. The Morgan fingerprint density at radius 1 is 1.67 bits per heavy atom. The first kappa shape index (κ1) is 14.6. The van der Waals surface area contributed by atoms with Crippen molar-refractivity contribution in [3.8, 4) is 0 Å².